The van der Waals surface area contributed by atoms with E-state index in [0.717, 1.165) is 5.56 Å². The Morgan fingerprint density at radius 2 is 1.03 bits per heavy atom. The Balaban J connectivity index is 1.29. The van der Waals surface area contributed by atoms with Gasteiger partial charge in [-0.05, 0) is 48.0 Å². The largest absolute Gasteiger partial charge is 0.459 e. The van der Waals surface area contributed by atoms with Crippen LogP contribution in [-0.4, -0.2) is 123 Å². The Kier molecular flexibility index (Phi) is 15.7. The number of carbonyl (C=O) groups is 3. The number of carbonyl (C=O) groups excluding carboxylic acids is 3. The number of aliphatic hydroxyl groups is 3. The number of ether oxygens (including phenoxy) is 8. The van der Waals surface area contributed by atoms with Crippen LogP contribution in [0.25, 0.3) is 0 Å². The van der Waals surface area contributed by atoms with Gasteiger partial charge in [0.2, 0.25) is 0 Å². The minimum absolute atomic E-state index is 0.0238. The SMILES string of the molecule is C[Si](C)(C)CCO[C@@H]1O[C@H](COC(=O)c2ccccc2)[C@@H](O[C@@H]2O[C@H](COC(=O)c3ccccc3)[C@H](O)[C@H](OCc3ccccc3)[C@H]2O)[C@H](O)[C@H]1OC(=O)c1ccccc1. The Hall–Kier alpha value is -4.81. The van der Waals surface area contributed by atoms with E-state index in [0.29, 0.717) is 6.04 Å². The summed E-state index contributed by atoms with van der Waals surface area (Å²) in [5.41, 5.74) is 1.47. The minimum atomic E-state index is -1.72. The van der Waals surface area contributed by atoms with Gasteiger partial charge in [0.15, 0.2) is 18.7 Å². The first-order valence-corrected chi connectivity index (χ1v) is 23.6. The third-order valence-corrected chi connectivity index (χ3v) is 11.7. The van der Waals surface area contributed by atoms with Crippen molar-refractivity contribution in [2.24, 2.45) is 0 Å². The van der Waals surface area contributed by atoms with E-state index in [9.17, 15) is 29.7 Å². The fourth-order valence-corrected chi connectivity index (χ4v) is 7.34. The van der Waals surface area contributed by atoms with E-state index in [4.69, 9.17) is 37.9 Å². The molecule has 4 aromatic carbocycles. The van der Waals surface area contributed by atoms with Gasteiger partial charge in [-0.15, -0.1) is 0 Å². The predicted octanol–water partition coefficient (Wildman–Crippen LogP) is 4.78. The molecule has 15 heteroatoms. The van der Waals surface area contributed by atoms with Gasteiger partial charge in [0.25, 0.3) is 0 Å². The van der Waals surface area contributed by atoms with Crippen molar-refractivity contribution in [3.63, 3.8) is 0 Å². The second-order valence-electron chi connectivity index (χ2n) is 15.8. The highest BCUT2D eigenvalue weighted by Gasteiger charge is 2.53. The normalized spacial score (nSPS) is 26.8. The summed E-state index contributed by atoms with van der Waals surface area (Å²) in [6, 6.07) is 34.4. The molecule has 2 fully saturated rings. The predicted molar refractivity (Wildman–Crippen MR) is 218 cm³/mol. The van der Waals surface area contributed by atoms with Gasteiger partial charge in [-0.2, -0.15) is 0 Å². The Morgan fingerprint density at radius 1 is 0.550 bits per heavy atom. The summed E-state index contributed by atoms with van der Waals surface area (Å²) in [6.07, 6.45) is -14.9. The highest BCUT2D eigenvalue weighted by Crippen LogP contribution is 2.33. The number of rotatable bonds is 17. The summed E-state index contributed by atoms with van der Waals surface area (Å²) < 4.78 is 48.2. The Labute approximate surface area is 349 Å². The molecule has 0 unspecified atom stereocenters. The Bertz CT molecular complexity index is 1950. The van der Waals surface area contributed by atoms with Crippen molar-refractivity contribution in [1.82, 2.24) is 0 Å². The molecule has 0 spiro atoms. The van der Waals surface area contributed by atoms with Gasteiger partial charge >= 0.3 is 17.9 Å². The molecule has 2 aliphatic heterocycles. The topological polar surface area (TPSA) is 186 Å². The molecule has 2 heterocycles. The molecule has 6 rings (SSSR count). The van der Waals surface area contributed by atoms with Crippen LogP contribution in [0, 0.1) is 0 Å². The number of benzene rings is 4. The van der Waals surface area contributed by atoms with Crippen molar-refractivity contribution in [3.05, 3.63) is 144 Å². The van der Waals surface area contributed by atoms with Gasteiger partial charge < -0.3 is 53.2 Å². The van der Waals surface area contributed by atoms with Crippen molar-refractivity contribution in [1.29, 1.82) is 0 Å². The first-order valence-electron chi connectivity index (χ1n) is 19.9. The van der Waals surface area contributed by atoms with Crippen molar-refractivity contribution >= 4 is 26.0 Å². The smallest absolute Gasteiger partial charge is 0.338 e. The van der Waals surface area contributed by atoms with Gasteiger partial charge in [0.05, 0.1) is 23.3 Å². The van der Waals surface area contributed by atoms with Gasteiger partial charge in [-0.1, -0.05) is 105 Å². The maximum Gasteiger partial charge on any atom is 0.338 e. The van der Waals surface area contributed by atoms with Gasteiger partial charge in [0.1, 0.15) is 55.9 Å². The molecule has 0 saturated carbocycles. The molecule has 14 nitrogen and oxygen atoms in total. The summed E-state index contributed by atoms with van der Waals surface area (Å²) in [5, 5.41) is 35.5. The summed E-state index contributed by atoms with van der Waals surface area (Å²) >= 11 is 0. The molecule has 2 aliphatic rings. The van der Waals surface area contributed by atoms with Gasteiger partial charge in [-0.3, -0.25) is 0 Å². The van der Waals surface area contributed by atoms with Crippen LogP contribution in [0.5, 0.6) is 0 Å². The van der Waals surface area contributed by atoms with Crippen LogP contribution >= 0.6 is 0 Å². The lowest BCUT2D eigenvalue weighted by molar-refractivity contribution is -0.361. The first-order chi connectivity index (χ1) is 28.9. The second-order valence-corrected chi connectivity index (χ2v) is 21.4. The molecule has 0 amide bonds. The summed E-state index contributed by atoms with van der Waals surface area (Å²) in [5.74, 6) is -2.15. The van der Waals surface area contributed by atoms with Crippen LogP contribution in [0.2, 0.25) is 25.7 Å². The lowest BCUT2D eigenvalue weighted by Crippen LogP contribution is -2.65. The zero-order valence-electron chi connectivity index (χ0n) is 33.7. The summed E-state index contributed by atoms with van der Waals surface area (Å²) in [4.78, 5) is 39.6. The highest BCUT2D eigenvalue weighted by molar-refractivity contribution is 6.76. The van der Waals surface area contributed by atoms with Crippen LogP contribution in [0.1, 0.15) is 36.6 Å². The average molecular weight is 845 g/mol. The second kappa shape index (κ2) is 21.1. The van der Waals surface area contributed by atoms with Crippen LogP contribution in [-0.2, 0) is 44.5 Å². The van der Waals surface area contributed by atoms with Crippen LogP contribution in [0.3, 0.4) is 0 Å². The molecular formula is C45H52O14Si. The van der Waals surface area contributed by atoms with E-state index in [-0.39, 0.29) is 29.9 Å². The molecule has 10 atom stereocenters. The fourth-order valence-electron chi connectivity index (χ4n) is 6.61. The van der Waals surface area contributed by atoms with Crippen molar-refractivity contribution < 1.29 is 67.6 Å². The van der Waals surface area contributed by atoms with Crippen LogP contribution < -0.4 is 0 Å². The molecule has 0 radical (unpaired) electrons. The van der Waals surface area contributed by atoms with E-state index in [1.165, 1.54) is 0 Å². The highest BCUT2D eigenvalue weighted by atomic mass is 28.3. The maximum atomic E-state index is 13.5. The zero-order valence-corrected chi connectivity index (χ0v) is 34.7. The number of hydrogen-bond acceptors (Lipinski definition) is 14. The molecular weight excluding hydrogens is 793 g/mol. The van der Waals surface area contributed by atoms with Crippen LogP contribution in [0.4, 0.5) is 0 Å². The van der Waals surface area contributed by atoms with E-state index in [1.807, 2.05) is 18.2 Å². The van der Waals surface area contributed by atoms with Gasteiger partial charge in [0, 0.05) is 14.7 Å². The van der Waals surface area contributed by atoms with E-state index in [1.54, 1.807) is 103 Å². The molecule has 0 aliphatic carbocycles. The van der Waals surface area contributed by atoms with Crippen LogP contribution in [0.15, 0.2) is 121 Å². The minimum Gasteiger partial charge on any atom is -0.459 e. The number of aliphatic hydroxyl groups excluding tert-OH is 3. The zero-order chi connectivity index (χ0) is 42.6. The Morgan fingerprint density at radius 3 is 1.57 bits per heavy atom. The van der Waals surface area contributed by atoms with Crippen molar-refractivity contribution in [2.45, 2.75) is 93.7 Å². The van der Waals surface area contributed by atoms with E-state index < -0.39 is 101 Å². The molecule has 4 aromatic rings. The van der Waals surface area contributed by atoms with Crippen molar-refractivity contribution in [3.8, 4) is 0 Å². The monoisotopic (exact) mass is 844 g/mol. The average Bonchev–Trinajstić information content (AvgIpc) is 3.26. The lowest BCUT2D eigenvalue weighted by Gasteiger charge is -2.47. The number of esters is 3. The van der Waals surface area contributed by atoms with E-state index >= 15 is 0 Å². The third-order valence-electron chi connectivity index (χ3n) is 10.00. The fraction of sp³-hybridized carbons (Fsp3) is 0.400. The van der Waals surface area contributed by atoms with E-state index in [2.05, 4.69) is 19.6 Å². The third kappa shape index (κ3) is 12.2. The molecule has 320 valence electrons. The summed E-state index contributed by atoms with van der Waals surface area (Å²) in [6.45, 7) is 5.72. The molecule has 3 N–H and O–H groups in total. The maximum absolute atomic E-state index is 13.5. The van der Waals surface area contributed by atoms with Crippen molar-refractivity contribution in [2.75, 3.05) is 19.8 Å². The standard InChI is InChI=1S/C45H52O14Si/c1-60(2,3)25-24-52-45-40(58-43(51)32-22-14-7-15-23-32)36(47)38(34(57-45)28-55-42(50)31-20-12-6-13-21-31)59-44-37(48)39(53-26-29-16-8-4-9-17-29)35(46)33(56-44)27-54-41(49)30-18-10-5-11-19-30/h4-23,33-40,44-48H,24-28H2,1-3H3/t33-,34-,35+,36+,37-,38-,39+,40-,44+,45-/m1/s1. The first kappa shape index (κ1) is 44.7. The summed E-state index contributed by atoms with van der Waals surface area (Å²) in [7, 11) is -1.63. The van der Waals surface area contributed by atoms with Gasteiger partial charge in [-0.25, -0.2) is 14.4 Å². The molecule has 2 saturated heterocycles. The number of hydrogen-bond donors (Lipinski definition) is 3. The molecule has 60 heavy (non-hydrogen) atoms. The quantitative estimate of drug-likeness (QED) is 0.0749. The molecule has 0 bridgehead atoms. The molecule has 0 aromatic heterocycles. The lowest BCUT2D eigenvalue weighted by atomic mass is 9.96.